The second-order valence-corrected chi connectivity index (χ2v) is 9.47. The van der Waals surface area contributed by atoms with Gasteiger partial charge in [-0.15, -0.1) is 11.3 Å². The molecule has 37 heavy (non-hydrogen) atoms. The van der Waals surface area contributed by atoms with E-state index in [-0.39, 0.29) is 16.9 Å². The molecule has 1 amide bonds. The van der Waals surface area contributed by atoms with Crippen LogP contribution in [0.5, 0.6) is 11.5 Å². The van der Waals surface area contributed by atoms with Crippen molar-refractivity contribution < 1.29 is 27.4 Å². The molecule has 0 unspecified atom stereocenters. The molecule has 0 atom stereocenters. The zero-order valence-corrected chi connectivity index (χ0v) is 20.6. The zero-order chi connectivity index (χ0) is 26.3. The molecule has 1 N–H and O–H groups in total. The first-order chi connectivity index (χ1) is 17.7. The molecule has 4 aromatic rings. The standard InChI is InChI=1S/C25H20F3N5O3S/c1-35-18-8-7-13(9-19(18)36-2)17-10-21(25(26,27)28)33-22(31-17)16(12-30-33)23(34)32-24-15(11-29)14-5-3-4-6-20(14)37-24/h7-10,12H,3-6H2,1-2H3,(H,32,34). The number of amides is 1. The highest BCUT2D eigenvalue weighted by Gasteiger charge is 2.36. The first-order valence-electron chi connectivity index (χ1n) is 11.3. The second-order valence-electron chi connectivity index (χ2n) is 8.37. The molecule has 1 aromatic carbocycles. The summed E-state index contributed by atoms with van der Waals surface area (Å²) < 4.78 is 53.1. The number of fused-ring (bicyclic) bond motifs is 2. The van der Waals surface area contributed by atoms with Crippen molar-refractivity contribution in [3.05, 3.63) is 57.7 Å². The normalized spacial score (nSPS) is 13.2. The molecule has 3 aromatic heterocycles. The van der Waals surface area contributed by atoms with Crippen molar-refractivity contribution in [2.75, 3.05) is 19.5 Å². The van der Waals surface area contributed by atoms with E-state index >= 15 is 0 Å². The van der Waals surface area contributed by atoms with Gasteiger partial charge in [0.1, 0.15) is 16.6 Å². The van der Waals surface area contributed by atoms with Gasteiger partial charge in [-0.25, -0.2) is 9.50 Å². The predicted molar refractivity (Wildman–Crippen MR) is 130 cm³/mol. The molecule has 0 saturated heterocycles. The van der Waals surface area contributed by atoms with Gasteiger partial charge >= 0.3 is 6.18 Å². The van der Waals surface area contributed by atoms with E-state index in [1.165, 1.54) is 31.6 Å². The van der Waals surface area contributed by atoms with Crippen LogP contribution in [0, 0.1) is 11.3 Å². The molecule has 0 saturated carbocycles. The topological polar surface area (TPSA) is 102 Å². The van der Waals surface area contributed by atoms with Gasteiger partial charge in [0.15, 0.2) is 22.8 Å². The Hall–Kier alpha value is -4.11. The SMILES string of the molecule is COc1ccc(-c2cc(C(F)(F)F)n3ncc(C(=O)Nc4sc5c(c4C#N)CCCC5)c3n2)cc1OC. The van der Waals surface area contributed by atoms with Crippen LogP contribution in [0.3, 0.4) is 0 Å². The summed E-state index contributed by atoms with van der Waals surface area (Å²) in [7, 11) is 2.86. The fourth-order valence-electron chi connectivity index (χ4n) is 4.41. The Labute approximate surface area is 213 Å². The van der Waals surface area contributed by atoms with Crippen LogP contribution in [0.2, 0.25) is 0 Å². The monoisotopic (exact) mass is 527 g/mol. The molecule has 8 nitrogen and oxygen atoms in total. The van der Waals surface area contributed by atoms with E-state index in [2.05, 4.69) is 21.5 Å². The number of methoxy groups -OCH3 is 2. The number of hydrogen-bond acceptors (Lipinski definition) is 7. The van der Waals surface area contributed by atoms with E-state index < -0.39 is 17.8 Å². The highest BCUT2D eigenvalue weighted by molar-refractivity contribution is 7.16. The molecule has 5 rings (SSSR count). The summed E-state index contributed by atoms with van der Waals surface area (Å²) in [5, 5.41) is 16.6. The Morgan fingerprint density at radius 1 is 1.16 bits per heavy atom. The third kappa shape index (κ3) is 4.35. The number of nitrogens with one attached hydrogen (secondary N) is 1. The number of aryl methyl sites for hydroxylation is 1. The van der Waals surface area contributed by atoms with E-state index in [0.29, 0.717) is 32.1 Å². The largest absolute Gasteiger partial charge is 0.493 e. The summed E-state index contributed by atoms with van der Waals surface area (Å²) in [5.74, 6) is 0.0160. The lowest BCUT2D eigenvalue weighted by Crippen LogP contribution is -2.16. The van der Waals surface area contributed by atoms with Gasteiger partial charge in [-0.05, 0) is 55.5 Å². The number of nitriles is 1. The van der Waals surface area contributed by atoms with E-state index in [1.807, 2.05) is 0 Å². The summed E-state index contributed by atoms with van der Waals surface area (Å²) in [4.78, 5) is 18.6. The maximum Gasteiger partial charge on any atom is 0.433 e. The van der Waals surface area contributed by atoms with Gasteiger partial charge in [0.05, 0.1) is 31.7 Å². The Balaban J connectivity index is 1.61. The highest BCUT2D eigenvalue weighted by atomic mass is 32.1. The van der Waals surface area contributed by atoms with Gasteiger partial charge in [0, 0.05) is 10.4 Å². The number of halogens is 3. The van der Waals surface area contributed by atoms with Crippen LogP contribution >= 0.6 is 11.3 Å². The molecule has 0 fully saturated rings. The Morgan fingerprint density at radius 2 is 1.92 bits per heavy atom. The summed E-state index contributed by atoms with van der Waals surface area (Å²) in [5.41, 5.74) is 0.128. The fourth-order valence-corrected chi connectivity index (χ4v) is 5.65. The molecule has 1 aliphatic rings. The van der Waals surface area contributed by atoms with E-state index in [0.717, 1.165) is 48.4 Å². The van der Waals surface area contributed by atoms with Gasteiger partial charge in [0.25, 0.3) is 5.91 Å². The number of thiophene rings is 1. The van der Waals surface area contributed by atoms with Crippen LogP contribution in [-0.4, -0.2) is 34.7 Å². The zero-order valence-electron chi connectivity index (χ0n) is 19.8. The predicted octanol–water partition coefficient (Wildman–Crippen LogP) is 5.50. The lowest BCUT2D eigenvalue weighted by Gasteiger charge is -2.13. The average molecular weight is 528 g/mol. The van der Waals surface area contributed by atoms with Gasteiger partial charge in [0.2, 0.25) is 0 Å². The minimum atomic E-state index is -4.77. The third-order valence-electron chi connectivity index (χ3n) is 6.20. The Morgan fingerprint density at radius 3 is 2.62 bits per heavy atom. The van der Waals surface area contributed by atoms with Gasteiger partial charge in [-0.1, -0.05) is 0 Å². The van der Waals surface area contributed by atoms with Gasteiger partial charge in [-0.2, -0.15) is 23.5 Å². The lowest BCUT2D eigenvalue weighted by molar-refractivity contribution is -0.142. The number of carbonyl (C=O) groups excluding carboxylic acids is 1. The van der Waals surface area contributed by atoms with Crippen LogP contribution in [0.25, 0.3) is 16.9 Å². The number of anilines is 1. The van der Waals surface area contributed by atoms with Crippen molar-refractivity contribution in [2.24, 2.45) is 0 Å². The van der Waals surface area contributed by atoms with Crippen LogP contribution in [0.1, 0.15) is 44.9 Å². The Kier molecular flexibility index (Phi) is 6.25. The van der Waals surface area contributed by atoms with Gasteiger partial charge in [-0.3, -0.25) is 4.79 Å². The molecular weight excluding hydrogens is 507 g/mol. The summed E-state index contributed by atoms with van der Waals surface area (Å²) >= 11 is 1.32. The second kappa shape index (κ2) is 9.40. The Bertz CT molecular complexity index is 1570. The van der Waals surface area contributed by atoms with Crippen molar-refractivity contribution in [3.63, 3.8) is 0 Å². The highest BCUT2D eigenvalue weighted by Crippen LogP contribution is 2.39. The molecule has 0 spiro atoms. The molecule has 190 valence electrons. The number of aromatic nitrogens is 3. The van der Waals surface area contributed by atoms with Crippen LogP contribution in [0.4, 0.5) is 18.2 Å². The molecule has 1 aliphatic carbocycles. The van der Waals surface area contributed by atoms with E-state index in [1.54, 1.807) is 12.1 Å². The van der Waals surface area contributed by atoms with Crippen LogP contribution in [-0.2, 0) is 19.0 Å². The van der Waals surface area contributed by atoms with Crippen molar-refractivity contribution in [3.8, 4) is 28.8 Å². The number of carbonyl (C=O) groups is 1. The quantitative estimate of drug-likeness (QED) is 0.368. The molecule has 0 radical (unpaired) electrons. The maximum absolute atomic E-state index is 14.0. The van der Waals surface area contributed by atoms with Crippen LogP contribution in [0.15, 0.2) is 30.5 Å². The number of alkyl halides is 3. The smallest absolute Gasteiger partial charge is 0.433 e. The molecule has 12 heteroatoms. The van der Waals surface area contributed by atoms with Crippen molar-refractivity contribution in [1.82, 2.24) is 14.6 Å². The number of hydrogen-bond donors (Lipinski definition) is 1. The molecular formula is C25H20F3N5O3S. The summed E-state index contributed by atoms with van der Waals surface area (Å²) in [6.07, 6.45) is -0.178. The van der Waals surface area contributed by atoms with Gasteiger partial charge < -0.3 is 14.8 Å². The first-order valence-corrected chi connectivity index (χ1v) is 12.1. The maximum atomic E-state index is 14.0. The molecule has 0 bridgehead atoms. The number of benzene rings is 1. The van der Waals surface area contributed by atoms with E-state index in [9.17, 15) is 23.2 Å². The average Bonchev–Trinajstić information content (AvgIpc) is 3.47. The molecule has 3 heterocycles. The number of nitrogens with zero attached hydrogens (tertiary/aromatic N) is 4. The van der Waals surface area contributed by atoms with E-state index in [4.69, 9.17) is 9.47 Å². The minimum Gasteiger partial charge on any atom is -0.493 e. The lowest BCUT2D eigenvalue weighted by atomic mass is 9.96. The number of rotatable bonds is 5. The third-order valence-corrected chi connectivity index (χ3v) is 7.40. The summed E-state index contributed by atoms with van der Waals surface area (Å²) in [6, 6.07) is 7.63. The number of ether oxygens (including phenoxy) is 2. The minimum absolute atomic E-state index is 0.0281. The van der Waals surface area contributed by atoms with Crippen LogP contribution < -0.4 is 14.8 Å². The van der Waals surface area contributed by atoms with Crippen molar-refractivity contribution in [2.45, 2.75) is 31.9 Å². The van der Waals surface area contributed by atoms with Crippen molar-refractivity contribution >= 4 is 27.9 Å². The first kappa shape index (κ1) is 24.6. The van der Waals surface area contributed by atoms with Crippen molar-refractivity contribution in [1.29, 1.82) is 5.26 Å². The fraction of sp³-hybridized carbons (Fsp3) is 0.280. The molecule has 0 aliphatic heterocycles. The summed E-state index contributed by atoms with van der Waals surface area (Å²) in [6.45, 7) is 0.